The van der Waals surface area contributed by atoms with E-state index in [1.165, 1.54) is 5.56 Å². The molecule has 17 heavy (non-hydrogen) atoms. The molecule has 0 saturated heterocycles. The average Bonchev–Trinajstić information content (AvgIpc) is 2.79. The Balaban J connectivity index is 2.21. The molecular weight excluding hydrogens is 302 g/mol. The van der Waals surface area contributed by atoms with Crippen LogP contribution in [0.25, 0.3) is 5.69 Å². The van der Waals surface area contributed by atoms with Gasteiger partial charge in [-0.2, -0.15) is 0 Å². The standard InChI is InChI=1S/C12H13BrClN3/c1-9-7-11(4-5-12(9)13)17-8-10(15-16-17)3-2-6-14/h4-5,7-8H,2-3,6H2,1H3. The average molecular weight is 315 g/mol. The van der Waals surface area contributed by atoms with E-state index in [4.69, 9.17) is 11.6 Å². The third-order valence-corrected chi connectivity index (χ3v) is 3.67. The Bertz CT molecular complexity index is 510. The van der Waals surface area contributed by atoms with Gasteiger partial charge in [-0.3, -0.25) is 0 Å². The summed E-state index contributed by atoms with van der Waals surface area (Å²) in [5, 5.41) is 8.24. The van der Waals surface area contributed by atoms with Crippen molar-refractivity contribution >= 4 is 27.5 Å². The van der Waals surface area contributed by atoms with Gasteiger partial charge in [-0.05, 0) is 43.5 Å². The molecule has 0 unspecified atom stereocenters. The summed E-state index contributed by atoms with van der Waals surface area (Å²) in [6, 6.07) is 6.10. The normalized spacial score (nSPS) is 10.8. The third-order valence-electron chi connectivity index (χ3n) is 2.51. The molecule has 2 aromatic rings. The predicted octanol–water partition coefficient (Wildman–Crippen LogP) is 3.51. The Morgan fingerprint density at radius 2 is 2.24 bits per heavy atom. The molecule has 0 saturated carbocycles. The van der Waals surface area contributed by atoms with Crippen LogP contribution in [0.2, 0.25) is 0 Å². The van der Waals surface area contributed by atoms with E-state index in [1.54, 1.807) is 4.68 Å². The Labute approximate surface area is 114 Å². The number of aryl methyl sites for hydroxylation is 2. The minimum atomic E-state index is 0.657. The second-order valence-electron chi connectivity index (χ2n) is 3.88. The number of halogens is 2. The highest BCUT2D eigenvalue weighted by atomic mass is 79.9. The van der Waals surface area contributed by atoms with Gasteiger partial charge in [-0.15, -0.1) is 16.7 Å². The molecule has 3 nitrogen and oxygen atoms in total. The topological polar surface area (TPSA) is 30.7 Å². The highest BCUT2D eigenvalue weighted by Gasteiger charge is 2.04. The lowest BCUT2D eigenvalue weighted by Gasteiger charge is -2.02. The number of hydrogen-bond acceptors (Lipinski definition) is 2. The van der Waals surface area contributed by atoms with Gasteiger partial charge >= 0.3 is 0 Å². The van der Waals surface area contributed by atoms with E-state index >= 15 is 0 Å². The van der Waals surface area contributed by atoms with E-state index < -0.39 is 0 Å². The van der Waals surface area contributed by atoms with Gasteiger partial charge in [-0.1, -0.05) is 21.1 Å². The molecular formula is C12H13BrClN3. The lowest BCUT2D eigenvalue weighted by Crippen LogP contribution is -1.95. The van der Waals surface area contributed by atoms with Crippen molar-refractivity contribution < 1.29 is 0 Å². The zero-order valence-electron chi connectivity index (χ0n) is 9.53. The molecule has 1 heterocycles. The van der Waals surface area contributed by atoms with E-state index in [1.807, 2.05) is 18.3 Å². The van der Waals surface area contributed by atoms with Gasteiger partial charge in [0.1, 0.15) is 0 Å². The van der Waals surface area contributed by atoms with Crippen LogP contribution in [0.3, 0.4) is 0 Å². The predicted molar refractivity (Wildman–Crippen MR) is 72.8 cm³/mol. The van der Waals surface area contributed by atoms with E-state index in [0.717, 1.165) is 28.7 Å². The fourth-order valence-corrected chi connectivity index (χ4v) is 1.94. The van der Waals surface area contributed by atoms with E-state index in [0.29, 0.717) is 5.88 Å². The molecule has 5 heteroatoms. The molecule has 0 aliphatic rings. The maximum atomic E-state index is 5.65. The highest BCUT2D eigenvalue weighted by Crippen LogP contribution is 2.19. The van der Waals surface area contributed by atoms with Crippen molar-refractivity contribution in [1.82, 2.24) is 15.0 Å². The Kier molecular flexibility index (Phi) is 4.18. The van der Waals surface area contributed by atoms with Gasteiger partial charge in [-0.25, -0.2) is 4.68 Å². The fraction of sp³-hybridized carbons (Fsp3) is 0.333. The van der Waals surface area contributed by atoms with Gasteiger partial charge in [0, 0.05) is 10.4 Å². The van der Waals surface area contributed by atoms with Gasteiger partial charge in [0.05, 0.1) is 17.6 Å². The van der Waals surface area contributed by atoms with Crippen molar-refractivity contribution in [2.45, 2.75) is 19.8 Å². The first-order chi connectivity index (χ1) is 8.20. The largest absolute Gasteiger partial charge is 0.220 e. The zero-order valence-corrected chi connectivity index (χ0v) is 11.9. The summed E-state index contributed by atoms with van der Waals surface area (Å²) < 4.78 is 2.90. The number of rotatable bonds is 4. The summed E-state index contributed by atoms with van der Waals surface area (Å²) in [6.45, 7) is 2.05. The van der Waals surface area contributed by atoms with Crippen molar-refractivity contribution in [1.29, 1.82) is 0 Å². The number of alkyl halides is 1. The maximum absolute atomic E-state index is 5.65. The van der Waals surface area contributed by atoms with Crippen molar-refractivity contribution in [3.05, 3.63) is 40.1 Å². The first-order valence-electron chi connectivity index (χ1n) is 5.44. The van der Waals surface area contributed by atoms with Crippen LogP contribution in [0.4, 0.5) is 0 Å². The molecule has 0 radical (unpaired) electrons. The highest BCUT2D eigenvalue weighted by molar-refractivity contribution is 9.10. The minimum Gasteiger partial charge on any atom is -0.220 e. The van der Waals surface area contributed by atoms with Crippen LogP contribution in [0.15, 0.2) is 28.9 Å². The van der Waals surface area contributed by atoms with E-state index in [2.05, 4.69) is 39.2 Å². The van der Waals surface area contributed by atoms with Crippen LogP contribution in [-0.4, -0.2) is 20.9 Å². The molecule has 90 valence electrons. The summed E-state index contributed by atoms with van der Waals surface area (Å²) in [7, 11) is 0. The monoisotopic (exact) mass is 313 g/mol. The lowest BCUT2D eigenvalue weighted by molar-refractivity contribution is 0.791. The molecule has 0 fully saturated rings. The van der Waals surface area contributed by atoms with Gasteiger partial charge < -0.3 is 0 Å². The van der Waals surface area contributed by atoms with E-state index in [-0.39, 0.29) is 0 Å². The number of nitrogens with zero attached hydrogens (tertiary/aromatic N) is 3. The van der Waals surface area contributed by atoms with Crippen LogP contribution < -0.4 is 0 Å². The molecule has 0 spiro atoms. The first kappa shape index (κ1) is 12.6. The van der Waals surface area contributed by atoms with Crippen molar-refractivity contribution in [2.24, 2.45) is 0 Å². The zero-order chi connectivity index (χ0) is 12.3. The lowest BCUT2D eigenvalue weighted by atomic mass is 10.2. The molecule has 0 atom stereocenters. The summed E-state index contributed by atoms with van der Waals surface area (Å²) in [5.74, 6) is 0.657. The SMILES string of the molecule is Cc1cc(-n2cc(CCCCl)nn2)ccc1Br. The van der Waals surface area contributed by atoms with Crippen LogP contribution >= 0.6 is 27.5 Å². The fourth-order valence-electron chi connectivity index (χ4n) is 1.56. The molecule has 0 aliphatic heterocycles. The summed E-state index contributed by atoms with van der Waals surface area (Å²) in [4.78, 5) is 0. The van der Waals surface area contributed by atoms with E-state index in [9.17, 15) is 0 Å². The van der Waals surface area contributed by atoms with Crippen LogP contribution in [0.1, 0.15) is 17.7 Å². The molecule has 0 aliphatic carbocycles. The Morgan fingerprint density at radius 1 is 1.41 bits per heavy atom. The quantitative estimate of drug-likeness (QED) is 0.809. The van der Waals surface area contributed by atoms with Crippen LogP contribution in [0.5, 0.6) is 0 Å². The van der Waals surface area contributed by atoms with Crippen molar-refractivity contribution in [2.75, 3.05) is 5.88 Å². The second-order valence-corrected chi connectivity index (χ2v) is 5.11. The van der Waals surface area contributed by atoms with Gasteiger partial charge in [0.15, 0.2) is 0 Å². The number of hydrogen-bond donors (Lipinski definition) is 0. The number of aromatic nitrogens is 3. The molecule has 1 aromatic heterocycles. The smallest absolute Gasteiger partial charge is 0.0832 e. The minimum absolute atomic E-state index is 0.657. The summed E-state index contributed by atoms with van der Waals surface area (Å²) >= 11 is 9.13. The van der Waals surface area contributed by atoms with Gasteiger partial charge in [0.2, 0.25) is 0 Å². The number of benzene rings is 1. The molecule has 0 N–H and O–H groups in total. The van der Waals surface area contributed by atoms with Crippen molar-refractivity contribution in [3.8, 4) is 5.69 Å². The molecule has 2 rings (SSSR count). The molecule has 1 aromatic carbocycles. The van der Waals surface area contributed by atoms with Crippen LogP contribution in [0, 0.1) is 6.92 Å². The third kappa shape index (κ3) is 3.07. The van der Waals surface area contributed by atoms with Gasteiger partial charge in [0.25, 0.3) is 0 Å². The second kappa shape index (κ2) is 5.65. The Hall–Kier alpha value is -0.870. The maximum Gasteiger partial charge on any atom is 0.0832 e. The first-order valence-corrected chi connectivity index (χ1v) is 6.77. The Morgan fingerprint density at radius 3 is 2.94 bits per heavy atom. The summed E-state index contributed by atoms with van der Waals surface area (Å²) in [5.41, 5.74) is 3.18. The van der Waals surface area contributed by atoms with Crippen LogP contribution in [-0.2, 0) is 6.42 Å². The molecule has 0 bridgehead atoms. The van der Waals surface area contributed by atoms with Crippen molar-refractivity contribution in [3.63, 3.8) is 0 Å². The summed E-state index contributed by atoms with van der Waals surface area (Å²) in [6.07, 6.45) is 3.76. The molecule has 0 amide bonds.